The Morgan fingerprint density at radius 2 is 1.88 bits per heavy atom. The van der Waals surface area contributed by atoms with E-state index in [9.17, 15) is 0 Å². The van der Waals surface area contributed by atoms with Crippen LogP contribution in [0.2, 0.25) is 0 Å². The van der Waals surface area contributed by atoms with Gasteiger partial charge in [0.1, 0.15) is 18.0 Å². The molecule has 96 valence electrons. The summed E-state index contributed by atoms with van der Waals surface area (Å²) in [7, 11) is 8.12. The van der Waals surface area contributed by atoms with E-state index in [1.54, 1.807) is 6.33 Å². The fraction of sp³-hybridized carbons (Fsp3) is 0.667. The van der Waals surface area contributed by atoms with Gasteiger partial charge < -0.3 is 15.1 Å². The van der Waals surface area contributed by atoms with Crippen LogP contribution in [0.15, 0.2) is 6.33 Å². The van der Waals surface area contributed by atoms with Crippen LogP contribution in [0.25, 0.3) is 0 Å². The lowest BCUT2D eigenvalue weighted by Gasteiger charge is -2.23. The number of nitrogens with one attached hydrogen (secondary N) is 1. The topological polar surface area (TPSA) is 44.3 Å². The molecule has 1 heterocycles. The molecule has 5 nitrogen and oxygen atoms in total. The third-order valence-electron chi connectivity index (χ3n) is 2.76. The van der Waals surface area contributed by atoms with Crippen LogP contribution >= 0.6 is 0 Å². The summed E-state index contributed by atoms with van der Waals surface area (Å²) in [5, 5.41) is 3.12. The lowest BCUT2D eigenvalue weighted by Crippen LogP contribution is -2.30. The molecule has 0 spiro atoms. The molecule has 0 saturated carbocycles. The van der Waals surface area contributed by atoms with E-state index in [0.717, 1.165) is 31.1 Å². The van der Waals surface area contributed by atoms with Crippen LogP contribution in [0.1, 0.15) is 12.5 Å². The molecule has 17 heavy (non-hydrogen) atoms. The molecule has 0 amide bonds. The second-order valence-corrected chi connectivity index (χ2v) is 4.35. The SMILES string of the molecule is CCc1c(NC)ncnc1N(C)CCN(C)C. The predicted molar refractivity (Wildman–Crippen MR) is 72.8 cm³/mol. The molecule has 0 aliphatic rings. The molecule has 1 aromatic rings. The first-order valence-electron chi connectivity index (χ1n) is 5.97. The zero-order valence-corrected chi connectivity index (χ0v) is 11.5. The van der Waals surface area contributed by atoms with E-state index in [0.29, 0.717) is 0 Å². The molecule has 0 fully saturated rings. The third-order valence-corrected chi connectivity index (χ3v) is 2.76. The van der Waals surface area contributed by atoms with Crippen LogP contribution in [0.3, 0.4) is 0 Å². The van der Waals surface area contributed by atoms with E-state index in [1.807, 2.05) is 7.05 Å². The Morgan fingerprint density at radius 1 is 1.18 bits per heavy atom. The van der Waals surface area contributed by atoms with Crippen LogP contribution in [0, 0.1) is 0 Å². The van der Waals surface area contributed by atoms with Gasteiger partial charge in [-0.25, -0.2) is 9.97 Å². The summed E-state index contributed by atoms with van der Waals surface area (Å²) in [6, 6.07) is 0. The summed E-state index contributed by atoms with van der Waals surface area (Å²) in [6.07, 6.45) is 2.55. The number of hydrogen-bond acceptors (Lipinski definition) is 5. The summed E-state index contributed by atoms with van der Waals surface area (Å²) in [6.45, 7) is 4.10. The highest BCUT2D eigenvalue weighted by Gasteiger charge is 2.12. The summed E-state index contributed by atoms with van der Waals surface area (Å²) < 4.78 is 0. The van der Waals surface area contributed by atoms with Gasteiger partial charge in [0.05, 0.1) is 0 Å². The van der Waals surface area contributed by atoms with Gasteiger partial charge in [-0.2, -0.15) is 0 Å². The first-order chi connectivity index (χ1) is 8.10. The van der Waals surface area contributed by atoms with Crippen molar-refractivity contribution in [1.82, 2.24) is 14.9 Å². The van der Waals surface area contributed by atoms with Crippen LogP contribution in [-0.2, 0) is 6.42 Å². The molecule has 1 N–H and O–H groups in total. The maximum absolute atomic E-state index is 4.39. The van der Waals surface area contributed by atoms with E-state index in [1.165, 1.54) is 5.56 Å². The summed E-state index contributed by atoms with van der Waals surface area (Å²) in [4.78, 5) is 13.0. The highest BCUT2D eigenvalue weighted by Crippen LogP contribution is 2.22. The Labute approximate surface area is 104 Å². The number of likely N-dealkylation sites (N-methyl/N-ethyl adjacent to an activating group) is 2. The second-order valence-electron chi connectivity index (χ2n) is 4.35. The van der Waals surface area contributed by atoms with E-state index in [-0.39, 0.29) is 0 Å². The zero-order valence-electron chi connectivity index (χ0n) is 11.5. The Bertz CT molecular complexity index is 351. The van der Waals surface area contributed by atoms with E-state index in [2.05, 4.69) is 53.2 Å². The zero-order chi connectivity index (χ0) is 12.8. The molecule has 1 rings (SSSR count). The van der Waals surface area contributed by atoms with Gasteiger partial charge in [0.2, 0.25) is 0 Å². The first-order valence-corrected chi connectivity index (χ1v) is 5.97. The highest BCUT2D eigenvalue weighted by molar-refractivity contribution is 5.58. The summed E-state index contributed by atoms with van der Waals surface area (Å²) >= 11 is 0. The molecule has 5 heteroatoms. The van der Waals surface area contributed by atoms with Crippen LogP contribution < -0.4 is 10.2 Å². The maximum atomic E-state index is 4.39. The molecule has 0 unspecified atom stereocenters. The van der Waals surface area contributed by atoms with Crippen molar-refractivity contribution in [3.8, 4) is 0 Å². The van der Waals surface area contributed by atoms with Gasteiger partial charge in [-0.1, -0.05) is 6.92 Å². The van der Waals surface area contributed by atoms with Gasteiger partial charge in [0.15, 0.2) is 0 Å². The second kappa shape index (κ2) is 6.39. The quantitative estimate of drug-likeness (QED) is 0.802. The van der Waals surface area contributed by atoms with Gasteiger partial charge in [-0.05, 0) is 20.5 Å². The third kappa shape index (κ3) is 3.56. The number of nitrogens with zero attached hydrogens (tertiary/aromatic N) is 4. The molecule has 0 aliphatic heterocycles. The standard InChI is InChI=1S/C12H23N5/c1-6-10-11(13-2)14-9-15-12(10)17(5)8-7-16(3)4/h9H,6-8H2,1-5H3,(H,13,14,15). The number of aromatic nitrogens is 2. The van der Waals surface area contributed by atoms with Gasteiger partial charge in [-0.15, -0.1) is 0 Å². The highest BCUT2D eigenvalue weighted by atomic mass is 15.2. The number of anilines is 2. The molecule has 0 aliphatic carbocycles. The smallest absolute Gasteiger partial charge is 0.137 e. The van der Waals surface area contributed by atoms with Crippen LogP contribution in [0.5, 0.6) is 0 Å². The van der Waals surface area contributed by atoms with Crippen LogP contribution in [0.4, 0.5) is 11.6 Å². The van der Waals surface area contributed by atoms with Crippen molar-refractivity contribution >= 4 is 11.6 Å². The maximum Gasteiger partial charge on any atom is 0.137 e. The van der Waals surface area contributed by atoms with Crippen molar-refractivity contribution < 1.29 is 0 Å². The molecule has 1 aromatic heterocycles. The molecular formula is C12H23N5. The molecule has 0 atom stereocenters. The van der Waals surface area contributed by atoms with Crippen molar-refractivity contribution in [1.29, 1.82) is 0 Å². The fourth-order valence-corrected chi connectivity index (χ4v) is 1.73. The van der Waals surface area contributed by atoms with E-state index in [4.69, 9.17) is 0 Å². The van der Waals surface area contributed by atoms with Gasteiger partial charge >= 0.3 is 0 Å². The molecule has 0 saturated heterocycles. The van der Waals surface area contributed by atoms with E-state index < -0.39 is 0 Å². The average molecular weight is 237 g/mol. The first kappa shape index (κ1) is 13.7. The van der Waals surface area contributed by atoms with Crippen molar-refractivity contribution in [3.05, 3.63) is 11.9 Å². The van der Waals surface area contributed by atoms with Crippen molar-refractivity contribution in [2.45, 2.75) is 13.3 Å². The van der Waals surface area contributed by atoms with Gasteiger partial charge in [0, 0.05) is 32.7 Å². The minimum absolute atomic E-state index is 0.925. The summed E-state index contributed by atoms with van der Waals surface area (Å²) in [5.41, 5.74) is 1.18. The van der Waals surface area contributed by atoms with Crippen LogP contribution in [-0.4, -0.2) is 56.1 Å². The minimum atomic E-state index is 0.925. The molecular weight excluding hydrogens is 214 g/mol. The predicted octanol–water partition coefficient (Wildman–Crippen LogP) is 1.08. The molecule has 0 radical (unpaired) electrons. The van der Waals surface area contributed by atoms with E-state index >= 15 is 0 Å². The minimum Gasteiger partial charge on any atom is -0.373 e. The van der Waals surface area contributed by atoms with Crippen molar-refractivity contribution in [2.75, 3.05) is 51.5 Å². The fourth-order valence-electron chi connectivity index (χ4n) is 1.73. The monoisotopic (exact) mass is 237 g/mol. The molecule has 0 bridgehead atoms. The average Bonchev–Trinajstić information content (AvgIpc) is 2.34. The summed E-state index contributed by atoms with van der Waals surface area (Å²) in [5.74, 6) is 1.95. The number of rotatable bonds is 6. The number of hydrogen-bond donors (Lipinski definition) is 1. The Kier molecular flexibility index (Phi) is 5.15. The Hall–Kier alpha value is -1.36. The van der Waals surface area contributed by atoms with Crippen molar-refractivity contribution in [3.63, 3.8) is 0 Å². The largest absolute Gasteiger partial charge is 0.373 e. The Balaban J connectivity index is 2.88. The lowest BCUT2D eigenvalue weighted by molar-refractivity contribution is 0.416. The lowest BCUT2D eigenvalue weighted by atomic mass is 10.2. The van der Waals surface area contributed by atoms with Crippen molar-refractivity contribution in [2.24, 2.45) is 0 Å². The normalized spacial score (nSPS) is 10.7. The van der Waals surface area contributed by atoms with Gasteiger partial charge in [0.25, 0.3) is 0 Å². The Morgan fingerprint density at radius 3 is 2.41 bits per heavy atom. The van der Waals surface area contributed by atoms with Gasteiger partial charge in [-0.3, -0.25) is 0 Å². The molecule has 0 aromatic carbocycles.